The van der Waals surface area contributed by atoms with Crippen molar-refractivity contribution in [2.24, 2.45) is 0 Å². The molecule has 3 rings (SSSR count). The number of halogens is 1. The molecule has 1 aliphatic heterocycles. The number of rotatable bonds is 5. The zero-order valence-electron chi connectivity index (χ0n) is 15.4. The van der Waals surface area contributed by atoms with E-state index < -0.39 is 6.04 Å². The fourth-order valence-corrected chi connectivity index (χ4v) is 4.25. The summed E-state index contributed by atoms with van der Waals surface area (Å²) in [6, 6.07) is 13.3. The minimum atomic E-state index is -0.563. The molecule has 0 bridgehead atoms. The van der Waals surface area contributed by atoms with Gasteiger partial charge in [0.1, 0.15) is 11.9 Å². The Kier molecular flexibility index (Phi) is 6.16. The molecule has 27 heavy (non-hydrogen) atoms. The minimum Gasteiger partial charge on any atom is -0.343 e. The zero-order valence-corrected chi connectivity index (χ0v) is 16.2. The quantitative estimate of drug-likeness (QED) is 0.823. The average molecular weight is 386 g/mol. The van der Waals surface area contributed by atoms with Crippen LogP contribution in [0.5, 0.6) is 0 Å². The second kappa shape index (κ2) is 8.57. The maximum absolute atomic E-state index is 13.0. The number of hydrogen-bond acceptors (Lipinski definition) is 3. The minimum absolute atomic E-state index is 0.159. The molecule has 2 N–H and O–H groups in total. The number of para-hydroxylation sites is 1. The molecule has 0 aromatic heterocycles. The van der Waals surface area contributed by atoms with Crippen LogP contribution in [0.3, 0.4) is 0 Å². The smallest absolute Gasteiger partial charge is 0.247 e. The molecule has 1 heterocycles. The van der Waals surface area contributed by atoms with Gasteiger partial charge in [0.05, 0.1) is 5.25 Å². The molecule has 2 aromatic carbocycles. The molecule has 1 fully saturated rings. The summed E-state index contributed by atoms with van der Waals surface area (Å²) >= 11 is 1.46. The van der Waals surface area contributed by atoms with E-state index in [-0.39, 0.29) is 28.8 Å². The number of carbonyl (C=O) groups is 2. The molecule has 142 valence electrons. The second-order valence-corrected chi connectivity index (χ2v) is 8.18. The fourth-order valence-electron chi connectivity index (χ4n) is 3.06. The van der Waals surface area contributed by atoms with E-state index in [2.05, 4.69) is 24.5 Å². The van der Waals surface area contributed by atoms with Gasteiger partial charge in [-0.15, -0.1) is 11.8 Å². The molecule has 6 heteroatoms. The molecule has 4 nitrogen and oxygen atoms in total. The standard InChI is InChI=1S/C21H23FN2O2S/c1-13(2)16-5-3-4-6-17(16)23-20(25)18-12-27-19(21(26)24-18)11-14-7-9-15(22)10-8-14/h3-10,13,18-19H,11-12H2,1-2H3,(H,23,25)(H,24,26)/t18-,19-/m1/s1. The highest BCUT2D eigenvalue weighted by Gasteiger charge is 2.32. The van der Waals surface area contributed by atoms with Gasteiger partial charge in [0.15, 0.2) is 0 Å². The molecule has 1 aliphatic rings. The van der Waals surface area contributed by atoms with Crippen LogP contribution in [0.2, 0.25) is 0 Å². The highest BCUT2D eigenvalue weighted by Crippen LogP contribution is 2.26. The normalized spacial score (nSPS) is 19.6. The number of amides is 2. The second-order valence-electron chi connectivity index (χ2n) is 6.94. The van der Waals surface area contributed by atoms with E-state index in [0.717, 1.165) is 16.8 Å². The number of hydrogen-bond donors (Lipinski definition) is 2. The molecule has 0 unspecified atom stereocenters. The van der Waals surface area contributed by atoms with Crippen LogP contribution in [-0.2, 0) is 16.0 Å². The van der Waals surface area contributed by atoms with Gasteiger partial charge in [-0.1, -0.05) is 44.2 Å². The molecular weight excluding hydrogens is 363 g/mol. The van der Waals surface area contributed by atoms with E-state index in [9.17, 15) is 14.0 Å². The lowest BCUT2D eigenvalue weighted by atomic mass is 10.0. The van der Waals surface area contributed by atoms with Gasteiger partial charge < -0.3 is 10.6 Å². The molecule has 2 amide bonds. The number of nitrogens with one attached hydrogen (secondary N) is 2. The van der Waals surface area contributed by atoms with Gasteiger partial charge in [-0.25, -0.2) is 4.39 Å². The van der Waals surface area contributed by atoms with Gasteiger partial charge in [-0.3, -0.25) is 9.59 Å². The molecule has 1 saturated heterocycles. The number of carbonyl (C=O) groups excluding carboxylic acids is 2. The van der Waals surface area contributed by atoms with Crippen molar-refractivity contribution in [2.45, 2.75) is 37.5 Å². The summed E-state index contributed by atoms with van der Waals surface area (Å²) in [5, 5.41) is 5.49. The Balaban J connectivity index is 1.60. The van der Waals surface area contributed by atoms with E-state index in [1.807, 2.05) is 24.3 Å². The van der Waals surface area contributed by atoms with Crippen molar-refractivity contribution in [1.29, 1.82) is 0 Å². The fraction of sp³-hybridized carbons (Fsp3) is 0.333. The summed E-state index contributed by atoms with van der Waals surface area (Å²) in [5.74, 6) is 0.139. The van der Waals surface area contributed by atoms with Crippen LogP contribution in [-0.4, -0.2) is 28.9 Å². The van der Waals surface area contributed by atoms with Crippen molar-refractivity contribution in [3.63, 3.8) is 0 Å². The Hall–Kier alpha value is -2.34. The van der Waals surface area contributed by atoms with Crippen LogP contribution in [0.15, 0.2) is 48.5 Å². The van der Waals surface area contributed by atoms with E-state index in [1.54, 1.807) is 12.1 Å². The van der Waals surface area contributed by atoms with Gasteiger partial charge in [-0.2, -0.15) is 0 Å². The predicted molar refractivity (Wildman–Crippen MR) is 107 cm³/mol. The van der Waals surface area contributed by atoms with Crippen molar-refractivity contribution in [1.82, 2.24) is 5.32 Å². The average Bonchev–Trinajstić information content (AvgIpc) is 2.65. The number of thioether (sulfide) groups is 1. The molecular formula is C21H23FN2O2S. The summed E-state index contributed by atoms with van der Waals surface area (Å²) in [6.45, 7) is 4.15. The third-order valence-corrected chi connectivity index (χ3v) is 5.87. The van der Waals surface area contributed by atoms with Gasteiger partial charge in [0.25, 0.3) is 0 Å². The highest BCUT2D eigenvalue weighted by molar-refractivity contribution is 8.00. The van der Waals surface area contributed by atoms with Crippen molar-refractivity contribution < 1.29 is 14.0 Å². The van der Waals surface area contributed by atoms with Gasteiger partial charge in [-0.05, 0) is 41.7 Å². The van der Waals surface area contributed by atoms with E-state index in [0.29, 0.717) is 12.2 Å². The summed E-state index contributed by atoms with van der Waals surface area (Å²) in [5.41, 5.74) is 2.75. The van der Waals surface area contributed by atoms with Gasteiger partial charge >= 0.3 is 0 Å². The Morgan fingerprint density at radius 1 is 1.22 bits per heavy atom. The van der Waals surface area contributed by atoms with E-state index in [4.69, 9.17) is 0 Å². The Labute approximate surface area is 162 Å². The SMILES string of the molecule is CC(C)c1ccccc1NC(=O)[C@H]1CS[C@H](Cc2ccc(F)cc2)C(=O)N1. The lowest BCUT2D eigenvalue weighted by Gasteiger charge is -2.28. The number of anilines is 1. The van der Waals surface area contributed by atoms with Crippen molar-refractivity contribution in [2.75, 3.05) is 11.1 Å². The van der Waals surface area contributed by atoms with Crippen LogP contribution >= 0.6 is 11.8 Å². The predicted octanol–water partition coefficient (Wildman–Crippen LogP) is 3.73. The first-order valence-corrected chi connectivity index (χ1v) is 10.0. The Morgan fingerprint density at radius 2 is 1.93 bits per heavy atom. The van der Waals surface area contributed by atoms with Crippen molar-refractivity contribution >= 4 is 29.3 Å². The molecule has 2 aromatic rings. The monoisotopic (exact) mass is 386 g/mol. The lowest BCUT2D eigenvalue weighted by molar-refractivity contribution is -0.126. The van der Waals surface area contributed by atoms with Gasteiger partial charge in [0, 0.05) is 11.4 Å². The summed E-state index contributed by atoms with van der Waals surface area (Å²) in [7, 11) is 0. The summed E-state index contributed by atoms with van der Waals surface area (Å²) < 4.78 is 13.0. The maximum Gasteiger partial charge on any atom is 0.247 e. The topological polar surface area (TPSA) is 58.2 Å². The van der Waals surface area contributed by atoms with Crippen LogP contribution in [0.1, 0.15) is 30.9 Å². The third-order valence-electron chi connectivity index (χ3n) is 4.56. The molecule has 0 spiro atoms. The molecule has 0 aliphatic carbocycles. The Morgan fingerprint density at radius 3 is 2.59 bits per heavy atom. The highest BCUT2D eigenvalue weighted by atomic mass is 32.2. The first-order chi connectivity index (χ1) is 12.9. The van der Waals surface area contributed by atoms with Crippen LogP contribution in [0, 0.1) is 5.82 Å². The van der Waals surface area contributed by atoms with E-state index in [1.165, 1.54) is 23.9 Å². The first kappa shape index (κ1) is 19.4. The largest absolute Gasteiger partial charge is 0.343 e. The first-order valence-electron chi connectivity index (χ1n) is 9.00. The molecule has 0 radical (unpaired) electrons. The lowest BCUT2D eigenvalue weighted by Crippen LogP contribution is -2.52. The van der Waals surface area contributed by atoms with Crippen LogP contribution in [0.25, 0.3) is 0 Å². The Bertz CT molecular complexity index is 823. The molecule has 0 saturated carbocycles. The van der Waals surface area contributed by atoms with Crippen molar-refractivity contribution in [3.8, 4) is 0 Å². The van der Waals surface area contributed by atoms with Crippen LogP contribution in [0.4, 0.5) is 10.1 Å². The van der Waals surface area contributed by atoms with E-state index >= 15 is 0 Å². The molecule has 2 atom stereocenters. The summed E-state index contributed by atoms with van der Waals surface area (Å²) in [4.78, 5) is 25.0. The van der Waals surface area contributed by atoms with Crippen molar-refractivity contribution in [3.05, 3.63) is 65.5 Å². The van der Waals surface area contributed by atoms with Crippen LogP contribution < -0.4 is 10.6 Å². The summed E-state index contributed by atoms with van der Waals surface area (Å²) in [6.07, 6.45) is 0.515. The third kappa shape index (κ3) is 4.89. The number of benzene rings is 2. The zero-order chi connectivity index (χ0) is 19.4. The maximum atomic E-state index is 13.0. The van der Waals surface area contributed by atoms with Gasteiger partial charge in [0.2, 0.25) is 11.8 Å².